The van der Waals surface area contributed by atoms with Gasteiger partial charge in [0.15, 0.2) is 0 Å². The molecule has 5 nitrogen and oxygen atoms in total. The van der Waals surface area contributed by atoms with E-state index in [4.69, 9.17) is 4.74 Å². The van der Waals surface area contributed by atoms with Crippen molar-refractivity contribution in [2.75, 3.05) is 47.0 Å². The second-order valence-corrected chi connectivity index (χ2v) is 10.3. The van der Waals surface area contributed by atoms with Crippen LogP contribution >= 0.6 is 22.6 Å². The van der Waals surface area contributed by atoms with Gasteiger partial charge in [-0.3, -0.25) is 4.79 Å². The number of halogens is 1. The Morgan fingerprint density at radius 1 is 0.778 bits per heavy atom. The minimum Gasteiger partial charge on any atom is -0.456 e. The Kier molecular flexibility index (Phi) is 6.90. The van der Waals surface area contributed by atoms with Gasteiger partial charge in [-0.1, -0.05) is 52.9 Å². The fourth-order valence-electron chi connectivity index (χ4n) is 5.99. The van der Waals surface area contributed by atoms with E-state index in [0.717, 1.165) is 75.7 Å². The van der Waals surface area contributed by atoms with Crippen LogP contribution in [0.2, 0.25) is 0 Å². The number of rotatable bonds is 8. The van der Waals surface area contributed by atoms with Gasteiger partial charge in [-0.2, -0.15) is 0 Å². The maximum atomic E-state index is 13.9. The van der Waals surface area contributed by atoms with E-state index in [0.29, 0.717) is 6.54 Å². The highest BCUT2D eigenvalue weighted by Crippen LogP contribution is 2.58. The van der Waals surface area contributed by atoms with Crippen LogP contribution in [0.3, 0.4) is 0 Å². The maximum absolute atomic E-state index is 13.9. The largest absolute Gasteiger partial charge is 0.456 e. The molecule has 0 fully saturated rings. The maximum Gasteiger partial charge on any atom is 0.255 e. The van der Waals surface area contributed by atoms with Crippen LogP contribution in [-0.2, 0) is 5.54 Å². The number of anilines is 2. The Morgan fingerprint density at radius 3 is 1.81 bits per heavy atom. The van der Waals surface area contributed by atoms with Crippen molar-refractivity contribution in [3.05, 3.63) is 82.9 Å². The van der Waals surface area contributed by atoms with Gasteiger partial charge in [0.1, 0.15) is 17.0 Å². The molecule has 0 saturated heterocycles. The Balaban J connectivity index is 1.82. The van der Waals surface area contributed by atoms with Crippen molar-refractivity contribution in [1.29, 1.82) is 0 Å². The summed E-state index contributed by atoms with van der Waals surface area (Å²) in [5, 5.41) is 0. The molecule has 2 heterocycles. The van der Waals surface area contributed by atoms with E-state index in [1.165, 1.54) is 0 Å². The van der Waals surface area contributed by atoms with Crippen molar-refractivity contribution >= 4 is 39.9 Å². The van der Waals surface area contributed by atoms with E-state index < -0.39 is 5.54 Å². The second kappa shape index (κ2) is 9.96. The van der Waals surface area contributed by atoms with Gasteiger partial charge in [-0.15, -0.1) is 0 Å². The summed E-state index contributed by atoms with van der Waals surface area (Å²) in [6.45, 7) is 13.0. The third kappa shape index (κ3) is 3.59. The Hall–Kier alpha value is -2.74. The Morgan fingerprint density at radius 2 is 1.31 bits per heavy atom. The fourth-order valence-corrected chi connectivity index (χ4v) is 6.47. The van der Waals surface area contributed by atoms with Crippen LogP contribution in [0, 0.1) is 0 Å². The number of carbonyl (C=O) groups excluding carboxylic acids is 1. The SMILES string of the molecule is CCN(CC)c1ccc2c(c1)Oc1cc(N(CC)CC)ccc1C21c2ccccc2C(=O)N1CCI. The van der Waals surface area contributed by atoms with Gasteiger partial charge in [-0.05, 0) is 51.5 Å². The molecule has 0 atom stereocenters. The molecule has 1 amide bonds. The average molecular weight is 596 g/mol. The number of nitrogens with zero attached hydrogens (tertiary/aromatic N) is 3. The number of alkyl halides is 1. The summed E-state index contributed by atoms with van der Waals surface area (Å²) < 4.78 is 7.55. The summed E-state index contributed by atoms with van der Waals surface area (Å²) in [6.07, 6.45) is 0. The van der Waals surface area contributed by atoms with Crippen LogP contribution in [-0.4, -0.2) is 48.0 Å². The molecule has 0 aromatic heterocycles. The van der Waals surface area contributed by atoms with Crippen molar-refractivity contribution in [3.8, 4) is 11.5 Å². The van der Waals surface area contributed by atoms with Gasteiger partial charge in [0, 0.05) is 77.3 Å². The fraction of sp³-hybridized carbons (Fsp3) is 0.367. The molecule has 0 bridgehead atoms. The number of hydrogen-bond acceptors (Lipinski definition) is 4. The van der Waals surface area contributed by atoms with Crippen LogP contribution in [0.25, 0.3) is 0 Å². The average Bonchev–Trinajstić information content (AvgIpc) is 3.14. The lowest BCUT2D eigenvalue weighted by Crippen LogP contribution is -2.48. The highest BCUT2D eigenvalue weighted by atomic mass is 127. The predicted molar refractivity (Wildman–Crippen MR) is 156 cm³/mol. The van der Waals surface area contributed by atoms with E-state index in [-0.39, 0.29) is 5.91 Å². The molecule has 0 saturated carbocycles. The Labute approximate surface area is 228 Å². The van der Waals surface area contributed by atoms with Crippen LogP contribution in [0.1, 0.15) is 54.7 Å². The molecule has 0 aliphatic carbocycles. The molecule has 3 aromatic carbocycles. The van der Waals surface area contributed by atoms with Crippen molar-refractivity contribution in [1.82, 2.24) is 4.90 Å². The molecule has 0 N–H and O–H groups in total. The number of ether oxygens (including phenoxy) is 1. The molecule has 1 spiro atoms. The third-order valence-corrected chi connectivity index (χ3v) is 8.17. The summed E-state index contributed by atoms with van der Waals surface area (Å²) >= 11 is 2.37. The normalized spacial score (nSPS) is 14.8. The number of benzene rings is 3. The van der Waals surface area contributed by atoms with Gasteiger partial charge in [0.25, 0.3) is 5.91 Å². The Bertz CT molecular complexity index is 1220. The van der Waals surface area contributed by atoms with Gasteiger partial charge in [-0.25, -0.2) is 0 Å². The minimum atomic E-state index is -0.717. The third-order valence-electron chi connectivity index (χ3n) is 7.69. The molecule has 36 heavy (non-hydrogen) atoms. The van der Waals surface area contributed by atoms with E-state index in [2.05, 4.69) is 107 Å². The second-order valence-electron chi connectivity index (χ2n) is 9.21. The molecule has 3 aromatic rings. The van der Waals surface area contributed by atoms with Gasteiger partial charge < -0.3 is 19.4 Å². The lowest BCUT2D eigenvalue weighted by atomic mass is 9.74. The van der Waals surface area contributed by atoms with Gasteiger partial charge in [0.05, 0.1) is 0 Å². The van der Waals surface area contributed by atoms with E-state index in [9.17, 15) is 4.79 Å². The first-order chi connectivity index (χ1) is 17.5. The first kappa shape index (κ1) is 24.9. The smallest absolute Gasteiger partial charge is 0.255 e. The summed E-state index contributed by atoms with van der Waals surface area (Å²) in [4.78, 5) is 20.6. The first-order valence-electron chi connectivity index (χ1n) is 13.0. The number of amides is 1. The number of fused-ring (bicyclic) bond motifs is 6. The molecule has 6 heteroatoms. The van der Waals surface area contributed by atoms with Crippen molar-refractivity contribution in [2.24, 2.45) is 0 Å². The number of hydrogen-bond donors (Lipinski definition) is 0. The molecule has 188 valence electrons. The topological polar surface area (TPSA) is 36.0 Å². The molecular formula is C30H34IN3O2. The molecule has 2 aliphatic heterocycles. The summed E-state index contributed by atoms with van der Waals surface area (Å²) in [5.74, 6) is 1.74. The molecule has 5 rings (SSSR count). The summed E-state index contributed by atoms with van der Waals surface area (Å²) in [5.41, 5.74) is 5.43. The lowest BCUT2D eigenvalue weighted by molar-refractivity contribution is 0.0683. The zero-order chi connectivity index (χ0) is 25.4. The van der Waals surface area contributed by atoms with Gasteiger partial charge in [0.2, 0.25) is 0 Å². The molecular weight excluding hydrogens is 561 g/mol. The molecule has 0 radical (unpaired) electrons. The lowest BCUT2D eigenvalue weighted by Gasteiger charge is -2.44. The van der Waals surface area contributed by atoms with Crippen LogP contribution < -0.4 is 14.5 Å². The quantitative estimate of drug-likeness (QED) is 0.216. The van der Waals surface area contributed by atoms with Gasteiger partial charge >= 0.3 is 0 Å². The number of carbonyl (C=O) groups is 1. The summed E-state index contributed by atoms with van der Waals surface area (Å²) in [6, 6.07) is 21.1. The first-order valence-corrected chi connectivity index (χ1v) is 14.5. The molecule has 0 unspecified atom stereocenters. The van der Waals surface area contributed by atoms with Crippen molar-refractivity contribution in [2.45, 2.75) is 33.2 Å². The van der Waals surface area contributed by atoms with E-state index >= 15 is 0 Å². The highest BCUT2D eigenvalue weighted by Gasteiger charge is 2.56. The predicted octanol–water partition coefficient (Wildman–Crippen LogP) is 6.67. The minimum absolute atomic E-state index is 0.0849. The van der Waals surface area contributed by atoms with E-state index in [1.54, 1.807) is 0 Å². The van der Waals surface area contributed by atoms with E-state index in [1.807, 2.05) is 18.2 Å². The summed E-state index contributed by atoms with van der Waals surface area (Å²) in [7, 11) is 0. The van der Waals surface area contributed by atoms with Crippen LogP contribution in [0.5, 0.6) is 11.5 Å². The molecule has 2 aliphatic rings. The standard InChI is InChI=1S/C30H34IN3O2/c1-5-32(6-2)21-13-15-25-27(19-21)36-28-20-22(33(7-3)8-4)14-16-26(28)30(25)24-12-10-9-11-23(24)29(35)34(30)18-17-31/h9-16,19-20H,5-8,17-18H2,1-4H3. The zero-order valence-corrected chi connectivity index (χ0v) is 23.7. The highest BCUT2D eigenvalue weighted by molar-refractivity contribution is 14.1. The van der Waals surface area contributed by atoms with Crippen molar-refractivity contribution in [3.63, 3.8) is 0 Å². The van der Waals surface area contributed by atoms with Crippen LogP contribution in [0.15, 0.2) is 60.7 Å². The monoisotopic (exact) mass is 595 g/mol. The zero-order valence-electron chi connectivity index (χ0n) is 21.6. The van der Waals surface area contributed by atoms with Crippen LogP contribution in [0.4, 0.5) is 11.4 Å². The van der Waals surface area contributed by atoms with Crippen molar-refractivity contribution < 1.29 is 9.53 Å².